The Bertz CT molecular complexity index is 471. The molecule has 4 heteroatoms. The van der Waals surface area contributed by atoms with Gasteiger partial charge in [-0.25, -0.2) is 0 Å². The van der Waals surface area contributed by atoms with Crippen LogP contribution in [0, 0.1) is 0 Å². The molecule has 0 aliphatic carbocycles. The molecule has 0 saturated carbocycles. The first kappa shape index (κ1) is 12.9. The van der Waals surface area contributed by atoms with Gasteiger partial charge in [0.25, 0.3) is 0 Å². The van der Waals surface area contributed by atoms with Crippen molar-refractivity contribution in [3.63, 3.8) is 0 Å². The number of halogens is 1. The van der Waals surface area contributed by atoms with E-state index in [1.807, 2.05) is 23.1 Å². The van der Waals surface area contributed by atoms with Crippen molar-refractivity contribution in [2.45, 2.75) is 31.2 Å². The maximum absolute atomic E-state index is 12.0. The van der Waals surface area contributed by atoms with Crippen molar-refractivity contribution in [2.75, 3.05) is 24.5 Å². The van der Waals surface area contributed by atoms with Gasteiger partial charge in [-0.05, 0) is 37.6 Å². The van der Waals surface area contributed by atoms with Gasteiger partial charge < -0.3 is 4.90 Å². The molecule has 3 nitrogen and oxygen atoms in total. The molecule has 2 aliphatic rings. The molecule has 2 heterocycles. The van der Waals surface area contributed by atoms with E-state index in [2.05, 4.69) is 11.0 Å². The molecule has 1 atom stereocenters. The van der Waals surface area contributed by atoms with Crippen LogP contribution < -0.4 is 4.90 Å². The highest BCUT2D eigenvalue weighted by molar-refractivity contribution is 6.24. The summed E-state index contributed by atoms with van der Waals surface area (Å²) in [6.45, 7) is 3.91. The van der Waals surface area contributed by atoms with Crippen LogP contribution in [0.15, 0.2) is 24.3 Å². The number of hydrogen-bond donors (Lipinski definition) is 0. The van der Waals surface area contributed by atoms with Gasteiger partial charge in [-0.2, -0.15) is 0 Å². The van der Waals surface area contributed by atoms with Crippen molar-refractivity contribution in [2.24, 2.45) is 0 Å². The Morgan fingerprint density at radius 1 is 1.21 bits per heavy atom. The van der Waals surface area contributed by atoms with E-state index in [0.29, 0.717) is 13.0 Å². The first-order chi connectivity index (χ1) is 9.24. The van der Waals surface area contributed by atoms with Crippen LogP contribution >= 0.6 is 11.6 Å². The van der Waals surface area contributed by atoms with Gasteiger partial charge in [-0.1, -0.05) is 18.2 Å². The monoisotopic (exact) mass is 278 g/mol. The number of benzene rings is 1. The zero-order valence-corrected chi connectivity index (χ0v) is 11.8. The van der Waals surface area contributed by atoms with Crippen molar-refractivity contribution in [1.29, 1.82) is 0 Å². The smallest absolute Gasteiger partial charge is 0.228 e. The normalized spacial score (nSPS) is 24.4. The van der Waals surface area contributed by atoms with Crippen LogP contribution in [0.4, 0.5) is 5.69 Å². The summed E-state index contributed by atoms with van der Waals surface area (Å²) in [6.07, 6.45) is 3.03. The van der Waals surface area contributed by atoms with E-state index in [4.69, 9.17) is 11.6 Å². The lowest BCUT2D eigenvalue weighted by atomic mass is 10.1. The van der Waals surface area contributed by atoms with E-state index in [1.165, 1.54) is 31.5 Å². The Morgan fingerprint density at radius 3 is 2.63 bits per heavy atom. The highest BCUT2D eigenvalue weighted by Gasteiger charge is 2.30. The number of alkyl halides is 1. The fourth-order valence-electron chi connectivity index (χ4n) is 2.99. The lowest BCUT2D eigenvalue weighted by molar-refractivity contribution is -0.117. The lowest BCUT2D eigenvalue weighted by Gasteiger charge is -2.23. The molecule has 2 fully saturated rings. The van der Waals surface area contributed by atoms with E-state index in [9.17, 15) is 4.79 Å². The third kappa shape index (κ3) is 2.77. The average molecular weight is 279 g/mol. The minimum Gasteiger partial charge on any atom is -0.311 e. The van der Waals surface area contributed by atoms with Crippen LogP contribution in [-0.4, -0.2) is 35.8 Å². The number of carbonyl (C=O) groups is 1. The molecule has 1 aromatic rings. The van der Waals surface area contributed by atoms with E-state index in [0.717, 1.165) is 12.2 Å². The SMILES string of the molecule is O=C1CC(Cl)CN1c1ccccc1CN1CCCC1. The van der Waals surface area contributed by atoms with Crippen molar-refractivity contribution < 1.29 is 4.79 Å². The summed E-state index contributed by atoms with van der Waals surface area (Å²) in [5.41, 5.74) is 2.28. The molecule has 1 aromatic carbocycles. The molecule has 2 saturated heterocycles. The molecule has 19 heavy (non-hydrogen) atoms. The first-order valence-corrected chi connectivity index (χ1v) is 7.42. The molecule has 3 rings (SSSR count). The largest absolute Gasteiger partial charge is 0.311 e. The summed E-state index contributed by atoms with van der Waals surface area (Å²) in [7, 11) is 0. The Morgan fingerprint density at radius 2 is 1.95 bits per heavy atom. The van der Waals surface area contributed by atoms with Crippen LogP contribution in [0.3, 0.4) is 0 Å². The summed E-state index contributed by atoms with van der Waals surface area (Å²) >= 11 is 6.10. The van der Waals surface area contributed by atoms with Gasteiger partial charge in [0.1, 0.15) is 0 Å². The summed E-state index contributed by atoms with van der Waals surface area (Å²) in [5.74, 6) is 0.147. The highest BCUT2D eigenvalue weighted by atomic mass is 35.5. The maximum Gasteiger partial charge on any atom is 0.228 e. The van der Waals surface area contributed by atoms with Gasteiger partial charge in [0.15, 0.2) is 0 Å². The Labute approximate surface area is 119 Å². The number of hydrogen-bond acceptors (Lipinski definition) is 2. The molecule has 0 aromatic heterocycles. The first-order valence-electron chi connectivity index (χ1n) is 6.99. The van der Waals surface area contributed by atoms with Gasteiger partial charge in [0.05, 0.1) is 5.38 Å². The molecule has 0 radical (unpaired) electrons. The molecular formula is C15H19ClN2O. The molecule has 2 aliphatic heterocycles. The van der Waals surface area contributed by atoms with Crippen LogP contribution in [0.2, 0.25) is 0 Å². The number of para-hydroxylation sites is 1. The zero-order valence-electron chi connectivity index (χ0n) is 11.0. The molecule has 102 valence electrons. The fourth-order valence-corrected chi connectivity index (χ4v) is 3.26. The maximum atomic E-state index is 12.0. The predicted octanol–water partition coefficient (Wildman–Crippen LogP) is 2.63. The molecule has 0 N–H and O–H groups in total. The van der Waals surface area contributed by atoms with E-state index in [-0.39, 0.29) is 11.3 Å². The van der Waals surface area contributed by atoms with Crippen LogP contribution in [0.5, 0.6) is 0 Å². The zero-order chi connectivity index (χ0) is 13.2. The standard InChI is InChI=1S/C15H19ClN2O/c16-13-9-15(19)18(11-13)14-6-2-1-5-12(14)10-17-7-3-4-8-17/h1-2,5-6,13H,3-4,7-11H2. The van der Waals surface area contributed by atoms with Crippen molar-refractivity contribution >= 4 is 23.2 Å². The summed E-state index contributed by atoms with van der Waals surface area (Å²) < 4.78 is 0. The summed E-state index contributed by atoms with van der Waals surface area (Å²) in [6, 6.07) is 8.21. The van der Waals surface area contributed by atoms with Crippen molar-refractivity contribution in [3.05, 3.63) is 29.8 Å². The van der Waals surface area contributed by atoms with E-state index in [1.54, 1.807) is 0 Å². The average Bonchev–Trinajstić information content (AvgIpc) is 3.00. The summed E-state index contributed by atoms with van der Waals surface area (Å²) in [5, 5.41) is -0.0488. The Balaban J connectivity index is 1.82. The van der Waals surface area contributed by atoms with Crippen molar-refractivity contribution in [3.8, 4) is 0 Å². The number of amides is 1. The van der Waals surface area contributed by atoms with E-state index < -0.39 is 0 Å². The molecule has 0 spiro atoms. The molecular weight excluding hydrogens is 260 g/mol. The highest BCUT2D eigenvalue weighted by Crippen LogP contribution is 2.28. The van der Waals surface area contributed by atoms with Gasteiger partial charge in [0, 0.05) is 25.2 Å². The second kappa shape index (κ2) is 5.51. The van der Waals surface area contributed by atoms with Gasteiger partial charge in [0.2, 0.25) is 5.91 Å². The molecule has 1 amide bonds. The number of anilines is 1. The minimum atomic E-state index is -0.0488. The third-order valence-corrected chi connectivity index (χ3v) is 4.25. The number of likely N-dealkylation sites (tertiary alicyclic amines) is 1. The number of rotatable bonds is 3. The topological polar surface area (TPSA) is 23.6 Å². The molecule has 1 unspecified atom stereocenters. The van der Waals surface area contributed by atoms with Crippen LogP contribution in [0.25, 0.3) is 0 Å². The number of carbonyl (C=O) groups excluding carboxylic acids is 1. The Kier molecular flexibility index (Phi) is 3.76. The third-order valence-electron chi connectivity index (χ3n) is 3.95. The quantitative estimate of drug-likeness (QED) is 0.794. The van der Waals surface area contributed by atoms with E-state index >= 15 is 0 Å². The van der Waals surface area contributed by atoms with Crippen LogP contribution in [0.1, 0.15) is 24.8 Å². The van der Waals surface area contributed by atoms with Gasteiger partial charge in [-0.15, -0.1) is 11.6 Å². The van der Waals surface area contributed by atoms with Crippen molar-refractivity contribution in [1.82, 2.24) is 4.90 Å². The predicted molar refractivity (Wildman–Crippen MR) is 77.6 cm³/mol. The second-order valence-corrected chi connectivity index (χ2v) is 6.03. The molecule has 0 bridgehead atoms. The minimum absolute atomic E-state index is 0.0488. The number of nitrogens with zero attached hydrogens (tertiary/aromatic N) is 2. The summed E-state index contributed by atoms with van der Waals surface area (Å²) in [4.78, 5) is 16.3. The Hall–Kier alpha value is -1.06. The van der Waals surface area contributed by atoms with Gasteiger partial charge >= 0.3 is 0 Å². The van der Waals surface area contributed by atoms with Gasteiger partial charge in [-0.3, -0.25) is 9.69 Å². The fraction of sp³-hybridized carbons (Fsp3) is 0.533. The lowest BCUT2D eigenvalue weighted by Crippen LogP contribution is -2.27. The van der Waals surface area contributed by atoms with Crippen LogP contribution in [-0.2, 0) is 11.3 Å². The second-order valence-electron chi connectivity index (χ2n) is 5.42.